The molecule has 0 atom stereocenters. The van der Waals surface area contributed by atoms with Gasteiger partial charge in [-0.1, -0.05) is 84.1 Å². The third-order valence-electron chi connectivity index (χ3n) is 4.23. The Morgan fingerprint density at radius 2 is 1.79 bits per heavy atom. The van der Waals surface area contributed by atoms with E-state index in [1.165, 1.54) is 22.0 Å². The Morgan fingerprint density at radius 3 is 2.46 bits per heavy atom. The van der Waals surface area contributed by atoms with E-state index >= 15 is 0 Å². The fourth-order valence-electron chi connectivity index (χ4n) is 2.75. The Kier molecular flexibility index (Phi) is 6.85. The maximum atomic E-state index is 12.9. The summed E-state index contributed by atoms with van der Waals surface area (Å²) in [6, 6.07) is 21.8. The van der Waals surface area contributed by atoms with Gasteiger partial charge in [0.05, 0.1) is 4.91 Å². The lowest BCUT2D eigenvalue weighted by atomic mass is 10.1. The van der Waals surface area contributed by atoms with Crippen LogP contribution >= 0.6 is 24.0 Å². The van der Waals surface area contributed by atoms with Crippen molar-refractivity contribution >= 4 is 40.7 Å². The van der Waals surface area contributed by atoms with Crippen molar-refractivity contribution in [3.05, 3.63) is 88.5 Å². The number of carbonyl (C=O) groups excluding carboxylic acids is 1. The third-order valence-corrected chi connectivity index (χ3v) is 5.16. The van der Waals surface area contributed by atoms with Crippen molar-refractivity contribution in [2.45, 2.75) is 13.5 Å². The molecule has 28 heavy (non-hydrogen) atoms. The van der Waals surface area contributed by atoms with Gasteiger partial charge in [0, 0.05) is 29.9 Å². The molecular weight excluding hydrogens is 386 g/mol. The highest BCUT2D eigenvalue weighted by molar-refractivity contribution is 8.24. The van der Waals surface area contributed by atoms with Crippen LogP contribution in [0.3, 0.4) is 0 Å². The minimum Gasteiger partial charge on any atom is -0.457 e. The second-order valence-corrected chi connectivity index (χ2v) is 7.88. The van der Waals surface area contributed by atoms with Crippen LogP contribution in [0, 0.1) is 6.92 Å². The van der Waals surface area contributed by atoms with E-state index in [4.69, 9.17) is 16.6 Å². The molecule has 1 aromatic heterocycles. The zero-order valence-electron chi connectivity index (χ0n) is 15.8. The number of hydrogen-bond acceptors (Lipinski definition) is 4. The second-order valence-electron chi connectivity index (χ2n) is 6.44. The highest BCUT2D eigenvalue weighted by atomic mass is 32.2. The normalized spacial score (nSPS) is 11.3. The van der Waals surface area contributed by atoms with E-state index in [1.807, 2.05) is 73.7 Å². The lowest BCUT2D eigenvalue weighted by Gasteiger charge is -2.18. The lowest BCUT2D eigenvalue weighted by molar-refractivity contribution is -0.125. The van der Waals surface area contributed by atoms with Crippen LogP contribution in [0.1, 0.15) is 16.9 Å². The molecule has 0 bridgehead atoms. The summed E-state index contributed by atoms with van der Waals surface area (Å²) in [5.74, 6) is 1.29. The van der Waals surface area contributed by atoms with Crippen LogP contribution in [-0.2, 0) is 11.3 Å². The van der Waals surface area contributed by atoms with E-state index in [-0.39, 0.29) is 5.91 Å². The maximum absolute atomic E-state index is 12.9. The van der Waals surface area contributed by atoms with Crippen molar-refractivity contribution < 1.29 is 9.21 Å². The Bertz CT molecular complexity index is 975. The molecule has 0 saturated heterocycles. The molecule has 3 nitrogen and oxygen atoms in total. The van der Waals surface area contributed by atoms with Crippen LogP contribution < -0.4 is 0 Å². The van der Waals surface area contributed by atoms with Crippen molar-refractivity contribution in [2.75, 3.05) is 7.05 Å². The molecule has 0 fully saturated rings. The zero-order chi connectivity index (χ0) is 19.9. The molecule has 0 aliphatic heterocycles. The van der Waals surface area contributed by atoms with E-state index in [1.54, 1.807) is 18.0 Å². The second kappa shape index (κ2) is 9.53. The van der Waals surface area contributed by atoms with Gasteiger partial charge in [0.2, 0.25) is 0 Å². The van der Waals surface area contributed by atoms with Crippen molar-refractivity contribution in [3.8, 4) is 11.3 Å². The molecule has 1 heterocycles. The average Bonchev–Trinajstić information content (AvgIpc) is 3.17. The summed E-state index contributed by atoms with van der Waals surface area (Å²) >= 11 is 6.19. The average molecular weight is 408 g/mol. The van der Waals surface area contributed by atoms with Gasteiger partial charge in [-0.25, -0.2) is 0 Å². The van der Waals surface area contributed by atoms with Crippen LogP contribution in [0.15, 0.2) is 76.1 Å². The highest BCUT2D eigenvalue weighted by Crippen LogP contribution is 2.26. The molecular formula is C23H21NO2S2. The molecule has 0 saturated carbocycles. The van der Waals surface area contributed by atoms with Crippen molar-refractivity contribution in [2.24, 2.45) is 0 Å². The molecule has 3 aromatic rings. The zero-order valence-corrected chi connectivity index (χ0v) is 17.4. The minimum absolute atomic E-state index is 0.0942. The molecule has 5 heteroatoms. The molecule has 0 aliphatic carbocycles. The van der Waals surface area contributed by atoms with Gasteiger partial charge in [0.15, 0.2) is 0 Å². The number of furan rings is 1. The Hall–Kier alpha value is -2.63. The molecule has 0 radical (unpaired) electrons. The van der Waals surface area contributed by atoms with Gasteiger partial charge in [-0.05, 0) is 24.6 Å². The summed E-state index contributed by atoms with van der Waals surface area (Å²) in [5, 5.41) is 0. The van der Waals surface area contributed by atoms with Gasteiger partial charge < -0.3 is 9.32 Å². The Labute approximate surface area is 175 Å². The molecule has 0 unspecified atom stereocenters. The SMILES string of the molecule is Cc1ccc(-c2ccc(/C=C(\SC=S)C(=O)N(C)Cc3ccccc3)o2)cc1. The maximum Gasteiger partial charge on any atom is 0.260 e. The van der Waals surface area contributed by atoms with Crippen LogP contribution in [0.2, 0.25) is 0 Å². The molecule has 142 valence electrons. The van der Waals surface area contributed by atoms with Crippen LogP contribution in [0.25, 0.3) is 17.4 Å². The van der Waals surface area contributed by atoms with Gasteiger partial charge in [-0.2, -0.15) is 0 Å². The predicted molar refractivity (Wildman–Crippen MR) is 121 cm³/mol. The summed E-state index contributed by atoms with van der Waals surface area (Å²) in [4.78, 5) is 15.1. The minimum atomic E-state index is -0.0942. The molecule has 0 N–H and O–H groups in total. The summed E-state index contributed by atoms with van der Waals surface area (Å²) in [6.07, 6.45) is 1.75. The number of thiocarbonyl (C=S) groups is 1. The highest BCUT2D eigenvalue weighted by Gasteiger charge is 2.16. The van der Waals surface area contributed by atoms with E-state index in [0.717, 1.165) is 16.9 Å². The summed E-state index contributed by atoms with van der Waals surface area (Å²) in [5.41, 5.74) is 3.27. The first-order valence-electron chi connectivity index (χ1n) is 8.85. The van der Waals surface area contributed by atoms with Crippen LogP contribution in [0.5, 0.6) is 0 Å². The van der Waals surface area contributed by atoms with Crippen molar-refractivity contribution in [3.63, 3.8) is 0 Å². The van der Waals surface area contributed by atoms with Crippen LogP contribution in [-0.4, -0.2) is 22.6 Å². The molecule has 0 spiro atoms. The molecule has 2 aromatic carbocycles. The number of hydrogen-bond donors (Lipinski definition) is 0. The van der Waals surface area contributed by atoms with Gasteiger partial charge in [-0.3, -0.25) is 4.79 Å². The fourth-order valence-corrected chi connectivity index (χ4v) is 3.60. The largest absolute Gasteiger partial charge is 0.457 e. The summed E-state index contributed by atoms with van der Waals surface area (Å²) in [6.45, 7) is 2.58. The topological polar surface area (TPSA) is 33.5 Å². The number of benzene rings is 2. The quantitative estimate of drug-likeness (QED) is 0.358. The lowest BCUT2D eigenvalue weighted by Crippen LogP contribution is -2.26. The Balaban J connectivity index is 1.79. The first-order valence-corrected chi connectivity index (χ1v) is 10.2. The first-order chi connectivity index (χ1) is 13.6. The first kappa shape index (κ1) is 20.1. The van der Waals surface area contributed by atoms with Crippen LogP contribution in [0.4, 0.5) is 0 Å². The van der Waals surface area contributed by atoms with Gasteiger partial charge >= 0.3 is 0 Å². The molecule has 3 rings (SSSR count). The summed E-state index contributed by atoms with van der Waals surface area (Å²) in [7, 11) is 1.78. The van der Waals surface area contributed by atoms with E-state index in [9.17, 15) is 4.79 Å². The van der Waals surface area contributed by atoms with Crippen molar-refractivity contribution in [1.29, 1.82) is 0 Å². The predicted octanol–water partition coefficient (Wildman–Crippen LogP) is 5.94. The molecule has 0 aliphatic rings. The number of carbonyl (C=O) groups is 1. The van der Waals surface area contributed by atoms with Gasteiger partial charge in [0.1, 0.15) is 11.5 Å². The van der Waals surface area contributed by atoms with E-state index in [2.05, 4.69) is 0 Å². The summed E-state index contributed by atoms with van der Waals surface area (Å²) < 4.78 is 7.42. The monoisotopic (exact) mass is 407 g/mol. The molecule has 1 amide bonds. The van der Waals surface area contributed by atoms with Gasteiger partial charge in [-0.15, -0.1) is 0 Å². The number of rotatable bonds is 7. The number of amides is 1. The number of thioether (sulfide) groups is 1. The van der Waals surface area contributed by atoms with Gasteiger partial charge in [0.25, 0.3) is 5.91 Å². The third kappa shape index (κ3) is 5.21. The standard InChI is InChI=1S/C23H21NO2S2/c1-17-8-10-19(11-9-17)21-13-12-20(26-21)14-22(28-16-27)23(25)24(2)15-18-6-4-3-5-7-18/h3-14,16H,15H2,1-2H3/b22-14-. The number of nitrogens with zero attached hydrogens (tertiary/aromatic N) is 1. The van der Waals surface area contributed by atoms with E-state index < -0.39 is 0 Å². The van der Waals surface area contributed by atoms with Crippen molar-refractivity contribution in [1.82, 2.24) is 4.90 Å². The van der Waals surface area contributed by atoms with E-state index in [0.29, 0.717) is 17.2 Å². The fraction of sp³-hybridized carbons (Fsp3) is 0.130. The number of aryl methyl sites for hydroxylation is 1. The smallest absolute Gasteiger partial charge is 0.260 e. The Morgan fingerprint density at radius 1 is 1.07 bits per heavy atom. The number of likely N-dealkylation sites (N-methyl/N-ethyl adjacent to an activating group) is 1.